The van der Waals surface area contributed by atoms with Crippen molar-refractivity contribution < 1.29 is 17.0 Å². The summed E-state index contributed by atoms with van der Waals surface area (Å²) >= 11 is 0. The average molecular weight is 525 g/mol. The van der Waals surface area contributed by atoms with Gasteiger partial charge >= 0.3 is 0 Å². The zero-order chi connectivity index (χ0) is 22.8. The van der Waals surface area contributed by atoms with Gasteiger partial charge in [-0.25, -0.2) is 0 Å². The summed E-state index contributed by atoms with van der Waals surface area (Å²) in [7, 11) is -1.98. The third-order valence-corrected chi connectivity index (χ3v) is 11.7. The highest BCUT2D eigenvalue weighted by Gasteiger charge is 2.51. The highest BCUT2D eigenvalue weighted by Crippen LogP contribution is 2.66. The maximum Gasteiger partial charge on any atom is 0.119 e. The van der Waals surface area contributed by atoms with Crippen molar-refractivity contribution in [2.24, 2.45) is 0 Å². The van der Waals surface area contributed by atoms with Gasteiger partial charge in [0.2, 0.25) is 0 Å². The molecular weight excluding hydrogens is 495 g/mol. The van der Waals surface area contributed by atoms with Crippen molar-refractivity contribution >= 4 is 33.9 Å². The molecule has 0 amide bonds. The number of hydrogen-bond acceptors (Lipinski definition) is 0. The first-order valence-corrected chi connectivity index (χ1v) is 13.5. The third-order valence-electron chi connectivity index (χ3n) is 6.90. The smallest absolute Gasteiger partial charge is 0.119 e. The predicted octanol–water partition coefficient (Wildman–Crippen LogP) is 4.52. The van der Waals surface area contributed by atoms with Gasteiger partial charge in [-0.1, -0.05) is 84.4 Å². The molecule has 0 nitrogen and oxygen atoms in total. The van der Waals surface area contributed by atoms with E-state index >= 15 is 0 Å². The van der Waals surface area contributed by atoms with Gasteiger partial charge in [-0.2, -0.15) is 0 Å². The minimum absolute atomic E-state index is 0. The number of halogens is 1. The molecule has 5 aromatic carbocycles. The number of fused-ring (bicyclic) bond motifs is 1. The van der Waals surface area contributed by atoms with Crippen molar-refractivity contribution in [2.75, 3.05) is 0 Å². The van der Waals surface area contributed by atoms with Crippen molar-refractivity contribution in [1.29, 1.82) is 0 Å². The van der Waals surface area contributed by atoms with Gasteiger partial charge in [-0.15, -0.1) is 0 Å². The highest BCUT2D eigenvalue weighted by atomic mass is 79.9. The second-order valence-corrected chi connectivity index (χ2v) is 12.7. The summed E-state index contributed by atoms with van der Waals surface area (Å²) in [6, 6.07) is 45.2. The van der Waals surface area contributed by atoms with Crippen LogP contribution in [0.1, 0.15) is 29.3 Å². The van der Waals surface area contributed by atoms with Gasteiger partial charge in [0.1, 0.15) is 28.8 Å². The predicted molar refractivity (Wildman–Crippen MR) is 147 cm³/mol. The van der Waals surface area contributed by atoms with E-state index in [1.165, 1.54) is 43.4 Å². The molecule has 5 rings (SSSR count). The van der Waals surface area contributed by atoms with Gasteiger partial charge in [-0.05, 0) is 85.1 Å². The lowest BCUT2D eigenvalue weighted by Crippen LogP contribution is -3.00. The SMILES string of the molecule is Cc1ccc2cc(C)c(C(C)[P+](c3ccccc3)(c3ccccc3)c3ccccc3)cc2c1.[Br-]. The molecule has 0 saturated heterocycles. The molecule has 1 atom stereocenters. The van der Waals surface area contributed by atoms with Gasteiger partial charge in [0.15, 0.2) is 0 Å². The minimum atomic E-state index is -1.98. The largest absolute Gasteiger partial charge is 1.00 e. The molecule has 1 unspecified atom stereocenters. The summed E-state index contributed by atoms with van der Waals surface area (Å²) in [5.41, 5.74) is 4.44. The van der Waals surface area contributed by atoms with E-state index in [0.717, 1.165) is 0 Å². The van der Waals surface area contributed by atoms with Gasteiger partial charge in [0, 0.05) is 0 Å². The van der Waals surface area contributed by atoms with Crippen LogP contribution in [0.3, 0.4) is 0 Å². The molecule has 5 aromatic rings. The molecule has 0 spiro atoms. The van der Waals surface area contributed by atoms with Crippen LogP contribution in [0.2, 0.25) is 0 Å². The number of hydrogen-bond donors (Lipinski definition) is 0. The summed E-state index contributed by atoms with van der Waals surface area (Å²) in [5, 5.41) is 6.93. The number of rotatable bonds is 5. The quantitative estimate of drug-likeness (QED) is 0.296. The van der Waals surface area contributed by atoms with Crippen LogP contribution in [0.25, 0.3) is 10.8 Å². The molecule has 0 heterocycles. The molecule has 34 heavy (non-hydrogen) atoms. The van der Waals surface area contributed by atoms with E-state index in [1.54, 1.807) is 0 Å². The van der Waals surface area contributed by atoms with E-state index in [9.17, 15) is 0 Å². The van der Waals surface area contributed by atoms with Gasteiger partial charge in [0.25, 0.3) is 0 Å². The van der Waals surface area contributed by atoms with Crippen molar-refractivity contribution in [2.45, 2.75) is 26.4 Å². The van der Waals surface area contributed by atoms with E-state index in [4.69, 9.17) is 0 Å². The van der Waals surface area contributed by atoms with E-state index in [-0.39, 0.29) is 17.0 Å². The lowest BCUT2D eigenvalue weighted by Gasteiger charge is -2.34. The van der Waals surface area contributed by atoms with Crippen LogP contribution in [-0.2, 0) is 0 Å². The maximum atomic E-state index is 2.45. The Hall–Kier alpha value is -2.73. The molecule has 0 bridgehead atoms. The van der Waals surface area contributed by atoms with Crippen LogP contribution in [-0.4, -0.2) is 0 Å². The fourth-order valence-corrected chi connectivity index (χ4v) is 10.2. The van der Waals surface area contributed by atoms with Crippen LogP contribution < -0.4 is 32.9 Å². The Kier molecular flexibility index (Phi) is 7.36. The van der Waals surface area contributed by atoms with Gasteiger partial charge in [0.05, 0.1) is 0 Å². The Morgan fingerprint density at radius 2 is 1.00 bits per heavy atom. The normalized spacial score (nSPS) is 12.2. The summed E-state index contributed by atoms with van der Waals surface area (Å²) in [6.07, 6.45) is 0. The zero-order valence-corrected chi connectivity index (χ0v) is 22.4. The summed E-state index contributed by atoms with van der Waals surface area (Å²) in [6.45, 7) is 6.91. The first-order chi connectivity index (χ1) is 16.1. The molecule has 0 saturated carbocycles. The van der Waals surface area contributed by atoms with Crippen LogP contribution in [0, 0.1) is 13.8 Å². The second-order valence-electron chi connectivity index (χ2n) is 8.96. The van der Waals surface area contributed by atoms with E-state index in [2.05, 4.69) is 142 Å². The molecule has 0 aliphatic rings. The lowest BCUT2D eigenvalue weighted by atomic mass is 9.99. The van der Waals surface area contributed by atoms with Gasteiger partial charge in [-0.3, -0.25) is 0 Å². The summed E-state index contributed by atoms with van der Waals surface area (Å²) in [4.78, 5) is 0. The standard InChI is InChI=1S/C32H30P.BrH/c1-24-19-20-27-22-25(2)32(23-28(27)21-24)26(3)33(29-13-7-4-8-14-29,30-15-9-5-10-16-30)31-17-11-6-12-18-31;/h4-23,26H,1-3H3;1H/q+1;/p-1. The third kappa shape index (κ3) is 4.24. The van der Waals surface area contributed by atoms with Crippen LogP contribution in [0.4, 0.5) is 0 Å². The molecule has 0 radical (unpaired) electrons. The first-order valence-electron chi connectivity index (χ1n) is 11.7. The highest BCUT2D eigenvalue weighted by molar-refractivity contribution is 7.95. The van der Waals surface area contributed by atoms with Crippen molar-refractivity contribution in [3.8, 4) is 0 Å². The zero-order valence-electron chi connectivity index (χ0n) is 19.9. The fraction of sp³-hybridized carbons (Fsp3) is 0.125. The molecule has 0 aromatic heterocycles. The molecule has 0 fully saturated rings. The molecule has 2 heteroatoms. The van der Waals surface area contributed by atoms with Crippen LogP contribution in [0.5, 0.6) is 0 Å². The van der Waals surface area contributed by atoms with Crippen molar-refractivity contribution in [3.63, 3.8) is 0 Å². The topological polar surface area (TPSA) is 0 Å². The Balaban J connectivity index is 0.00000274. The van der Waals surface area contributed by atoms with Crippen molar-refractivity contribution in [3.05, 3.63) is 138 Å². The Labute approximate surface area is 214 Å². The fourth-order valence-electron chi connectivity index (χ4n) is 5.31. The Bertz CT molecular complexity index is 1280. The summed E-state index contributed by atoms with van der Waals surface area (Å²) in [5.74, 6) is 0. The molecule has 0 aliphatic carbocycles. The first kappa shape index (κ1) is 24.4. The second kappa shape index (κ2) is 10.3. The van der Waals surface area contributed by atoms with E-state index in [0.29, 0.717) is 5.66 Å². The molecule has 0 N–H and O–H groups in total. The van der Waals surface area contributed by atoms with E-state index < -0.39 is 7.26 Å². The van der Waals surface area contributed by atoms with Gasteiger partial charge < -0.3 is 17.0 Å². The molecular formula is C32H30BrP. The molecule has 170 valence electrons. The number of benzene rings is 5. The maximum absolute atomic E-state index is 2.45. The van der Waals surface area contributed by atoms with Crippen LogP contribution in [0.15, 0.2) is 121 Å². The Morgan fingerprint density at radius 3 is 1.47 bits per heavy atom. The monoisotopic (exact) mass is 524 g/mol. The van der Waals surface area contributed by atoms with E-state index in [1.807, 2.05) is 0 Å². The average Bonchev–Trinajstić information content (AvgIpc) is 2.86. The Morgan fingerprint density at radius 1 is 0.529 bits per heavy atom. The summed E-state index contributed by atoms with van der Waals surface area (Å²) < 4.78 is 0. The van der Waals surface area contributed by atoms with Crippen LogP contribution >= 0.6 is 7.26 Å². The number of aryl methyl sites for hydroxylation is 2. The molecule has 0 aliphatic heterocycles. The lowest BCUT2D eigenvalue weighted by molar-refractivity contribution is -0.00000652. The minimum Gasteiger partial charge on any atom is -1.00 e. The van der Waals surface area contributed by atoms with Crippen molar-refractivity contribution in [1.82, 2.24) is 0 Å².